The summed E-state index contributed by atoms with van der Waals surface area (Å²) in [7, 11) is 2.06. The van der Waals surface area contributed by atoms with Gasteiger partial charge in [0.2, 0.25) is 5.91 Å². The van der Waals surface area contributed by atoms with Gasteiger partial charge < -0.3 is 4.57 Å². The summed E-state index contributed by atoms with van der Waals surface area (Å²) in [5.74, 6) is 1.88. The first-order valence-electron chi connectivity index (χ1n) is 8.74. The molecule has 126 valence electrons. The molecule has 6 heteroatoms. The Balaban J connectivity index is 1.25. The van der Waals surface area contributed by atoms with Gasteiger partial charge in [0.25, 0.3) is 0 Å². The third-order valence-electron chi connectivity index (χ3n) is 5.44. The van der Waals surface area contributed by atoms with Crippen molar-refractivity contribution in [2.45, 2.75) is 31.4 Å². The van der Waals surface area contributed by atoms with Gasteiger partial charge in [0, 0.05) is 20.1 Å². The van der Waals surface area contributed by atoms with Crippen molar-refractivity contribution < 1.29 is 9.63 Å². The number of fused-ring (bicyclic) bond motifs is 1. The van der Waals surface area contributed by atoms with Crippen LogP contribution < -0.4 is 0 Å². The Morgan fingerprint density at radius 2 is 2.08 bits per heavy atom. The largest absolute Gasteiger partial charge is 0.330 e. The first kappa shape index (κ1) is 14.4. The zero-order chi connectivity index (χ0) is 16.3. The second-order valence-corrected chi connectivity index (χ2v) is 7.57. The zero-order valence-corrected chi connectivity index (χ0v) is 13.9. The van der Waals surface area contributed by atoms with E-state index < -0.39 is 0 Å². The van der Waals surface area contributed by atoms with Crippen molar-refractivity contribution in [2.24, 2.45) is 13.0 Å². The molecule has 0 unspecified atom stereocenters. The molecule has 1 aliphatic carbocycles. The Hall–Kier alpha value is -1.92. The molecule has 24 heavy (non-hydrogen) atoms. The monoisotopic (exact) mass is 326 g/mol. The Bertz CT molecular complexity index is 804. The lowest BCUT2D eigenvalue weighted by Crippen LogP contribution is -2.61. The van der Waals surface area contributed by atoms with Crippen molar-refractivity contribution in [2.75, 3.05) is 19.6 Å². The molecule has 6 nitrogen and oxygen atoms in total. The van der Waals surface area contributed by atoms with Gasteiger partial charge in [-0.1, -0.05) is 12.1 Å². The lowest BCUT2D eigenvalue weighted by molar-refractivity contribution is -0.238. The van der Waals surface area contributed by atoms with E-state index in [9.17, 15) is 4.79 Å². The van der Waals surface area contributed by atoms with Crippen molar-refractivity contribution in [3.05, 3.63) is 30.1 Å². The van der Waals surface area contributed by atoms with Gasteiger partial charge in [0.1, 0.15) is 11.4 Å². The third kappa shape index (κ3) is 2.32. The van der Waals surface area contributed by atoms with Crippen molar-refractivity contribution in [3.63, 3.8) is 0 Å². The third-order valence-corrected chi connectivity index (χ3v) is 5.44. The molecular weight excluding hydrogens is 304 g/mol. The van der Waals surface area contributed by atoms with E-state index in [2.05, 4.69) is 22.6 Å². The smallest absolute Gasteiger partial charge is 0.249 e. The fourth-order valence-electron chi connectivity index (χ4n) is 3.94. The summed E-state index contributed by atoms with van der Waals surface area (Å²) in [6, 6.07) is 8.20. The van der Waals surface area contributed by atoms with Crippen LogP contribution in [0.1, 0.15) is 25.1 Å². The second kappa shape index (κ2) is 5.04. The topological polar surface area (TPSA) is 50.6 Å². The number of likely N-dealkylation sites (tertiary alicyclic amines) is 1. The van der Waals surface area contributed by atoms with Crippen LogP contribution in [0.3, 0.4) is 0 Å². The van der Waals surface area contributed by atoms with Crippen LogP contribution in [0.15, 0.2) is 24.3 Å². The Labute approximate surface area is 140 Å². The molecule has 3 aliphatic rings. The quantitative estimate of drug-likeness (QED) is 0.858. The number of carbonyl (C=O) groups is 1. The zero-order valence-electron chi connectivity index (χ0n) is 13.9. The highest BCUT2D eigenvalue weighted by Gasteiger charge is 2.53. The first-order chi connectivity index (χ1) is 11.6. The number of rotatable bonds is 4. The van der Waals surface area contributed by atoms with Crippen LogP contribution >= 0.6 is 0 Å². The molecule has 5 rings (SSSR count). The molecule has 1 spiro atoms. The summed E-state index contributed by atoms with van der Waals surface area (Å²) >= 11 is 0. The van der Waals surface area contributed by atoms with E-state index in [1.165, 1.54) is 12.8 Å². The van der Waals surface area contributed by atoms with Gasteiger partial charge in [-0.15, -0.1) is 0 Å². The number of hydrogen-bond acceptors (Lipinski definition) is 4. The normalized spacial score (nSPS) is 23.4. The maximum absolute atomic E-state index is 12.1. The molecule has 1 aromatic heterocycles. The molecule has 1 aromatic carbocycles. The van der Waals surface area contributed by atoms with Crippen LogP contribution in [0.2, 0.25) is 0 Å². The van der Waals surface area contributed by atoms with Crippen LogP contribution in [0.4, 0.5) is 0 Å². The summed E-state index contributed by atoms with van der Waals surface area (Å²) in [5.41, 5.74) is 1.91. The summed E-state index contributed by atoms with van der Waals surface area (Å²) in [4.78, 5) is 25.2. The highest BCUT2D eigenvalue weighted by atomic mass is 16.7. The molecule has 2 saturated heterocycles. The molecular formula is C18H22N4O2. The van der Waals surface area contributed by atoms with E-state index in [1.54, 1.807) is 5.06 Å². The van der Waals surface area contributed by atoms with Crippen molar-refractivity contribution >= 4 is 16.9 Å². The summed E-state index contributed by atoms with van der Waals surface area (Å²) < 4.78 is 2.15. The Kier molecular flexibility index (Phi) is 3.03. The SMILES string of the molecule is Cn1c(CN2CC3(CC(=O)N(CC4CC4)O3)C2)nc2ccccc21. The lowest BCUT2D eigenvalue weighted by atomic mass is 9.91. The minimum absolute atomic E-state index is 0.157. The van der Waals surface area contributed by atoms with E-state index in [1.807, 2.05) is 18.2 Å². The highest BCUT2D eigenvalue weighted by Crippen LogP contribution is 2.39. The van der Waals surface area contributed by atoms with Gasteiger partial charge >= 0.3 is 0 Å². The molecule has 2 aliphatic heterocycles. The van der Waals surface area contributed by atoms with E-state index in [0.717, 1.165) is 43.0 Å². The number of carbonyl (C=O) groups excluding carboxylic acids is 1. The standard InChI is InChI=1S/C18H22N4O2/c1-20-15-5-3-2-4-14(15)19-16(20)10-21-11-18(12-21)8-17(23)22(24-18)9-13-6-7-13/h2-5,13H,6-12H2,1H3. The minimum atomic E-state index is -0.281. The summed E-state index contributed by atoms with van der Waals surface area (Å²) in [6.07, 6.45) is 3.00. The molecule has 1 saturated carbocycles. The van der Waals surface area contributed by atoms with Gasteiger partial charge in [-0.3, -0.25) is 14.5 Å². The van der Waals surface area contributed by atoms with Crippen molar-refractivity contribution in [1.82, 2.24) is 19.5 Å². The molecule has 1 amide bonds. The Morgan fingerprint density at radius 3 is 2.83 bits per heavy atom. The number of para-hydroxylation sites is 2. The fourth-order valence-corrected chi connectivity index (χ4v) is 3.94. The van der Waals surface area contributed by atoms with Gasteiger partial charge in [0.05, 0.1) is 30.5 Å². The molecule has 0 bridgehead atoms. The van der Waals surface area contributed by atoms with Gasteiger partial charge in [-0.05, 0) is 30.9 Å². The predicted octanol–water partition coefficient (Wildman–Crippen LogP) is 1.70. The summed E-state index contributed by atoms with van der Waals surface area (Å²) in [6.45, 7) is 3.20. The average Bonchev–Trinajstić information content (AvgIpc) is 3.22. The number of benzene rings is 1. The average molecular weight is 326 g/mol. The maximum atomic E-state index is 12.1. The highest BCUT2D eigenvalue weighted by molar-refractivity contribution is 5.78. The van der Waals surface area contributed by atoms with E-state index in [4.69, 9.17) is 9.82 Å². The molecule has 0 N–H and O–H groups in total. The van der Waals surface area contributed by atoms with E-state index in [0.29, 0.717) is 12.3 Å². The minimum Gasteiger partial charge on any atom is -0.330 e. The number of hydrogen-bond donors (Lipinski definition) is 0. The van der Waals surface area contributed by atoms with Crippen LogP contribution in [0, 0.1) is 5.92 Å². The number of amides is 1. The van der Waals surface area contributed by atoms with Crippen LogP contribution in [0.5, 0.6) is 0 Å². The molecule has 3 heterocycles. The van der Waals surface area contributed by atoms with Gasteiger partial charge in [-0.25, -0.2) is 10.0 Å². The molecule has 3 fully saturated rings. The Morgan fingerprint density at radius 1 is 1.29 bits per heavy atom. The van der Waals surface area contributed by atoms with E-state index in [-0.39, 0.29) is 11.5 Å². The lowest BCUT2D eigenvalue weighted by Gasteiger charge is -2.45. The van der Waals surface area contributed by atoms with Crippen molar-refractivity contribution in [1.29, 1.82) is 0 Å². The van der Waals surface area contributed by atoms with Crippen LogP contribution in [-0.2, 0) is 23.2 Å². The number of aryl methyl sites for hydroxylation is 1. The predicted molar refractivity (Wildman–Crippen MR) is 88.9 cm³/mol. The van der Waals surface area contributed by atoms with Crippen molar-refractivity contribution in [3.8, 4) is 0 Å². The number of nitrogens with zero attached hydrogens (tertiary/aromatic N) is 4. The van der Waals surface area contributed by atoms with Crippen LogP contribution in [0.25, 0.3) is 11.0 Å². The summed E-state index contributed by atoms with van der Waals surface area (Å²) in [5, 5.41) is 1.63. The fraction of sp³-hybridized carbons (Fsp3) is 0.556. The maximum Gasteiger partial charge on any atom is 0.249 e. The van der Waals surface area contributed by atoms with Crippen LogP contribution in [-0.4, -0.2) is 50.7 Å². The number of imidazole rings is 1. The molecule has 0 atom stereocenters. The second-order valence-electron chi connectivity index (χ2n) is 7.57. The number of aromatic nitrogens is 2. The first-order valence-corrected chi connectivity index (χ1v) is 8.74. The van der Waals surface area contributed by atoms with Gasteiger partial charge in [-0.2, -0.15) is 0 Å². The number of hydroxylamine groups is 2. The van der Waals surface area contributed by atoms with E-state index >= 15 is 0 Å². The molecule has 0 radical (unpaired) electrons. The molecule has 2 aromatic rings. The van der Waals surface area contributed by atoms with Gasteiger partial charge in [0.15, 0.2) is 0 Å².